The van der Waals surface area contributed by atoms with Crippen molar-refractivity contribution in [2.75, 3.05) is 17.2 Å². The molecule has 0 radical (unpaired) electrons. The molecule has 198 valence electrons. The van der Waals surface area contributed by atoms with E-state index in [1.165, 1.54) is 0 Å². The van der Waals surface area contributed by atoms with E-state index in [9.17, 15) is 17.6 Å². The maximum Gasteiger partial charge on any atom is 0.248 e. The van der Waals surface area contributed by atoms with Crippen molar-refractivity contribution in [1.29, 1.82) is 0 Å². The molecule has 0 aromatic carbocycles. The van der Waals surface area contributed by atoms with Gasteiger partial charge in [0.1, 0.15) is 16.3 Å². The van der Waals surface area contributed by atoms with Gasteiger partial charge in [-0.05, 0) is 57.9 Å². The number of hydrogen-bond donors (Lipinski definition) is 2. The van der Waals surface area contributed by atoms with Crippen LogP contribution in [0.4, 0.5) is 29.3 Å². The highest BCUT2D eigenvalue weighted by atomic mass is 32.1. The number of thiazole rings is 1. The zero-order chi connectivity index (χ0) is 25.9. The third-order valence-electron chi connectivity index (χ3n) is 7.82. The zero-order valence-electron chi connectivity index (χ0n) is 20.8. The van der Waals surface area contributed by atoms with Gasteiger partial charge in [-0.2, -0.15) is 4.98 Å². The van der Waals surface area contributed by atoms with E-state index in [-0.39, 0.29) is 24.8 Å². The number of pyridine rings is 1. The molecule has 0 aliphatic heterocycles. The summed E-state index contributed by atoms with van der Waals surface area (Å²) in [7, 11) is 0. The first-order chi connectivity index (χ1) is 17.6. The molecule has 2 unspecified atom stereocenters. The van der Waals surface area contributed by atoms with Gasteiger partial charge in [0.25, 0.3) is 0 Å². The van der Waals surface area contributed by atoms with E-state index in [4.69, 9.17) is 9.97 Å². The minimum atomic E-state index is -2.72. The average molecular weight is 535 g/mol. The highest BCUT2D eigenvalue weighted by Gasteiger charge is 2.45. The normalized spacial score (nSPS) is 23.8. The Balaban J connectivity index is 1.32. The Morgan fingerprint density at radius 2 is 1.89 bits per heavy atom. The SMILES string of the molecule is Cc1nc(NCC2CC(F)(F)C2)nc(NC2CCC(C(C)(F)F)C2)c1-c1nc2c(C3CC3)nccc2s1. The molecule has 0 spiro atoms. The molecule has 3 aliphatic carbocycles. The Kier molecular flexibility index (Phi) is 6.04. The molecule has 6 nitrogen and oxygen atoms in total. The number of alkyl halides is 4. The lowest BCUT2D eigenvalue weighted by atomic mass is 9.81. The maximum atomic E-state index is 14.0. The van der Waals surface area contributed by atoms with E-state index in [1.54, 1.807) is 11.3 Å². The minimum Gasteiger partial charge on any atom is -0.367 e. The number of aromatic nitrogens is 4. The summed E-state index contributed by atoms with van der Waals surface area (Å²) in [4.78, 5) is 18.9. The van der Waals surface area contributed by atoms with Crippen LogP contribution in [-0.2, 0) is 0 Å². The fourth-order valence-corrected chi connectivity index (χ4v) is 6.65. The van der Waals surface area contributed by atoms with Crippen LogP contribution in [0.25, 0.3) is 20.8 Å². The molecule has 37 heavy (non-hydrogen) atoms. The molecule has 3 fully saturated rings. The van der Waals surface area contributed by atoms with Crippen LogP contribution in [0.2, 0.25) is 0 Å². The maximum absolute atomic E-state index is 14.0. The Labute approximate surface area is 216 Å². The molecule has 2 N–H and O–H groups in total. The summed E-state index contributed by atoms with van der Waals surface area (Å²) in [5, 5.41) is 7.29. The number of halogens is 4. The van der Waals surface area contributed by atoms with Crippen LogP contribution in [0.5, 0.6) is 0 Å². The van der Waals surface area contributed by atoms with Gasteiger partial charge in [0.05, 0.1) is 21.7 Å². The Morgan fingerprint density at radius 3 is 2.57 bits per heavy atom. The lowest BCUT2D eigenvalue weighted by Gasteiger charge is -2.34. The quantitative estimate of drug-likeness (QED) is 0.302. The summed E-state index contributed by atoms with van der Waals surface area (Å²) < 4.78 is 55.5. The first kappa shape index (κ1) is 24.8. The van der Waals surface area contributed by atoms with Gasteiger partial charge in [-0.15, -0.1) is 11.3 Å². The first-order valence-electron chi connectivity index (χ1n) is 13.0. The second-order valence-electron chi connectivity index (χ2n) is 11.0. The number of hydrogen-bond acceptors (Lipinski definition) is 7. The summed E-state index contributed by atoms with van der Waals surface area (Å²) in [5.41, 5.74) is 3.35. The zero-order valence-corrected chi connectivity index (χ0v) is 21.6. The molecular formula is C26H30F4N6S. The van der Waals surface area contributed by atoms with Gasteiger partial charge in [0.2, 0.25) is 17.8 Å². The van der Waals surface area contributed by atoms with Gasteiger partial charge in [-0.3, -0.25) is 4.98 Å². The van der Waals surface area contributed by atoms with Crippen LogP contribution in [0.1, 0.15) is 69.2 Å². The lowest BCUT2D eigenvalue weighted by molar-refractivity contribution is -0.106. The Hall–Kier alpha value is -2.56. The first-order valence-corrected chi connectivity index (χ1v) is 13.8. The number of nitrogens with one attached hydrogen (secondary N) is 2. The van der Waals surface area contributed by atoms with Crippen LogP contribution in [0.15, 0.2) is 12.3 Å². The second-order valence-corrected chi connectivity index (χ2v) is 12.0. The Bertz CT molecular complexity index is 1310. The number of fused-ring (bicyclic) bond motifs is 1. The number of anilines is 2. The smallest absolute Gasteiger partial charge is 0.248 e. The number of nitrogens with zero attached hydrogens (tertiary/aromatic N) is 4. The van der Waals surface area contributed by atoms with Gasteiger partial charge < -0.3 is 10.6 Å². The van der Waals surface area contributed by atoms with Crippen molar-refractivity contribution in [3.05, 3.63) is 23.7 Å². The van der Waals surface area contributed by atoms with Crippen LogP contribution < -0.4 is 10.6 Å². The molecular weight excluding hydrogens is 504 g/mol. The molecule has 3 aromatic heterocycles. The molecule has 3 aliphatic rings. The molecule has 0 bridgehead atoms. The molecule has 3 aromatic rings. The minimum absolute atomic E-state index is 0.130. The standard InChI is InChI=1S/C26H30F4N6S/c1-13-19(23-35-21-18(37-23)7-8-31-20(21)15-3-4-15)22(34-17-6-5-16(9-17)25(2,27)28)36-24(33-13)32-12-14-10-26(29,30)11-14/h7-8,14-17H,3-6,9-12H2,1-2H3,(H2,32,33,34,36). The van der Waals surface area contributed by atoms with Gasteiger partial charge in [0.15, 0.2) is 0 Å². The van der Waals surface area contributed by atoms with Crippen molar-refractivity contribution >= 4 is 33.3 Å². The summed E-state index contributed by atoms with van der Waals surface area (Å²) in [6, 6.07) is 1.81. The molecule has 11 heteroatoms. The molecule has 3 heterocycles. The molecule has 0 saturated heterocycles. The third kappa shape index (κ3) is 5.11. The van der Waals surface area contributed by atoms with Crippen LogP contribution in [-0.4, -0.2) is 44.4 Å². The van der Waals surface area contributed by atoms with Crippen molar-refractivity contribution in [1.82, 2.24) is 19.9 Å². The van der Waals surface area contributed by atoms with E-state index in [0.717, 1.165) is 46.2 Å². The summed E-state index contributed by atoms with van der Waals surface area (Å²) >= 11 is 1.54. The van der Waals surface area contributed by atoms with Gasteiger partial charge >= 0.3 is 0 Å². The van der Waals surface area contributed by atoms with Crippen molar-refractivity contribution in [3.8, 4) is 10.6 Å². The van der Waals surface area contributed by atoms with Crippen LogP contribution in [0.3, 0.4) is 0 Å². The molecule has 0 amide bonds. The van der Waals surface area contributed by atoms with Crippen molar-refractivity contribution in [3.63, 3.8) is 0 Å². The third-order valence-corrected chi connectivity index (χ3v) is 8.86. The average Bonchev–Trinajstić information content (AvgIpc) is 3.37. The predicted molar refractivity (Wildman–Crippen MR) is 137 cm³/mol. The summed E-state index contributed by atoms with van der Waals surface area (Å²) in [6.07, 6.45) is 5.19. The van der Waals surface area contributed by atoms with Crippen LogP contribution >= 0.6 is 11.3 Å². The van der Waals surface area contributed by atoms with Gasteiger partial charge in [-0.1, -0.05) is 0 Å². The molecule has 3 saturated carbocycles. The van der Waals surface area contributed by atoms with Crippen LogP contribution in [0, 0.1) is 18.8 Å². The van der Waals surface area contributed by atoms with E-state index in [1.807, 2.05) is 19.2 Å². The van der Waals surface area contributed by atoms with Crippen molar-refractivity contribution < 1.29 is 17.6 Å². The fourth-order valence-electron chi connectivity index (χ4n) is 5.58. The van der Waals surface area contributed by atoms with E-state index in [2.05, 4.69) is 20.6 Å². The number of rotatable bonds is 8. The molecule has 2 atom stereocenters. The van der Waals surface area contributed by atoms with E-state index < -0.39 is 17.8 Å². The van der Waals surface area contributed by atoms with E-state index in [0.29, 0.717) is 49.2 Å². The second kappa shape index (κ2) is 9.03. The predicted octanol–water partition coefficient (Wildman–Crippen LogP) is 7.03. The fraction of sp³-hybridized carbons (Fsp3) is 0.615. The lowest BCUT2D eigenvalue weighted by Crippen LogP contribution is -2.39. The highest BCUT2D eigenvalue weighted by Crippen LogP contribution is 2.45. The largest absolute Gasteiger partial charge is 0.367 e. The van der Waals surface area contributed by atoms with Crippen molar-refractivity contribution in [2.45, 2.75) is 82.6 Å². The van der Waals surface area contributed by atoms with E-state index >= 15 is 0 Å². The number of aryl methyl sites for hydroxylation is 1. The highest BCUT2D eigenvalue weighted by molar-refractivity contribution is 7.21. The monoisotopic (exact) mass is 534 g/mol. The van der Waals surface area contributed by atoms with Gasteiger partial charge in [-0.25, -0.2) is 27.5 Å². The summed E-state index contributed by atoms with van der Waals surface area (Å²) in [5.74, 6) is -4.78. The Morgan fingerprint density at radius 1 is 1.11 bits per heavy atom. The van der Waals surface area contributed by atoms with Gasteiger partial charge in [0, 0.05) is 43.5 Å². The summed E-state index contributed by atoms with van der Waals surface area (Å²) in [6.45, 7) is 3.21. The topological polar surface area (TPSA) is 75.6 Å². The molecule has 6 rings (SSSR count). The van der Waals surface area contributed by atoms with Crippen molar-refractivity contribution in [2.24, 2.45) is 11.8 Å².